The van der Waals surface area contributed by atoms with E-state index in [1.165, 1.54) is 0 Å². The number of hydrogen-bond donors (Lipinski definition) is 0. The third-order valence-electron chi connectivity index (χ3n) is 2.07. The van der Waals surface area contributed by atoms with Crippen molar-refractivity contribution in [2.75, 3.05) is 0 Å². The average molecular weight is 274 g/mol. The lowest BCUT2D eigenvalue weighted by molar-refractivity contribution is 1.03. The molecule has 0 aliphatic rings. The Morgan fingerprint density at radius 2 is 1.62 bits per heavy atom. The molecule has 0 saturated carbocycles. The molecule has 1 aromatic heterocycles. The third-order valence-corrected chi connectivity index (χ3v) is 3.00. The van der Waals surface area contributed by atoms with Crippen LogP contribution >= 0.6 is 34.8 Å². The lowest BCUT2D eigenvalue weighted by Gasteiger charge is -2.05. The maximum atomic E-state index is 6.00. The van der Waals surface area contributed by atoms with Crippen molar-refractivity contribution in [1.82, 2.24) is 9.97 Å². The van der Waals surface area contributed by atoms with Crippen molar-refractivity contribution in [1.29, 1.82) is 0 Å². The first-order chi connectivity index (χ1) is 7.66. The second-order valence-electron chi connectivity index (χ2n) is 3.21. The molecule has 0 bridgehead atoms. The molecule has 0 aliphatic heterocycles. The first-order valence-electron chi connectivity index (χ1n) is 4.58. The molecule has 0 amide bonds. The number of halogens is 3. The summed E-state index contributed by atoms with van der Waals surface area (Å²) in [5, 5.41) is 0.655. The summed E-state index contributed by atoms with van der Waals surface area (Å²) in [5.41, 5.74) is 1.73. The molecule has 0 saturated heterocycles. The van der Waals surface area contributed by atoms with Gasteiger partial charge in [-0.1, -0.05) is 53.5 Å². The predicted molar refractivity (Wildman–Crippen MR) is 66.3 cm³/mol. The van der Waals surface area contributed by atoms with E-state index < -0.39 is 0 Å². The molecule has 2 aromatic rings. The minimum atomic E-state index is 0.111. The summed E-state index contributed by atoms with van der Waals surface area (Å²) in [7, 11) is 0. The van der Waals surface area contributed by atoms with Gasteiger partial charge in [0.05, 0.1) is 10.7 Å². The monoisotopic (exact) mass is 272 g/mol. The second kappa shape index (κ2) is 5.00. The fraction of sp³-hybridized carbons (Fsp3) is 0.0909. The summed E-state index contributed by atoms with van der Waals surface area (Å²) in [6, 6.07) is 9.83. The van der Waals surface area contributed by atoms with Crippen LogP contribution in [0.5, 0.6) is 0 Å². The van der Waals surface area contributed by atoms with Gasteiger partial charge in [-0.25, -0.2) is 9.97 Å². The zero-order valence-corrected chi connectivity index (χ0v) is 10.4. The number of hydrogen-bond acceptors (Lipinski definition) is 2. The summed E-state index contributed by atoms with van der Waals surface area (Å²) in [6.07, 6.45) is 0.585. The van der Waals surface area contributed by atoms with E-state index in [2.05, 4.69) is 9.97 Å². The fourth-order valence-electron chi connectivity index (χ4n) is 1.34. The van der Waals surface area contributed by atoms with Crippen molar-refractivity contribution in [3.8, 4) is 0 Å². The molecule has 82 valence electrons. The van der Waals surface area contributed by atoms with Crippen LogP contribution in [0.4, 0.5) is 0 Å². The van der Waals surface area contributed by atoms with Gasteiger partial charge in [-0.05, 0) is 17.2 Å². The van der Waals surface area contributed by atoms with Crippen molar-refractivity contribution in [2.24, 2.45) is 0 Å². The number of rotatable bonds is 2. The van der Waals surface area contributed by atoms with Crippen molar-refractivity contribution in [3.05, 3.63) is 57.0 Å². The van der Waals surface area contributed by atoms with Crippen molar-refractivity contribution in [2.45, 2.75) is 6.42 Å². The number of nitrogens with zero attached hydrogens (tertiary/aromatic N) is 2. The van der Waals surface area contributed by atoms with E-state index in [4.69, 9.17) is 34.8 Å². The van der Waals surface area contributed by atoms with E-state index in [0.29, 0.717) is 17.1 Å². The summed E-state index contributed by atoms with van der Waals surface area (Å²) in [5.74, 6) is 0. The molecular weight excluding hydrogens is 266 g/mol. The fourth-order valence-corrected chi connectivity index (χ4v) is 1.91. The third kappa shape index (κ3) is 2.64. The Balaban J connectivity index is 2.35. The Kier molecular flexibility index (Phi) is 3.64. The molecule has 0 spiro atoms. The van der Waals surface area contributed by atoms with Crippen LogP contribution in [0, 0.1) is 0 Å². The first-order valence-corrected chi connectivity index (χ1v) is 5.71. The van der Waals surface area contributed by atoms with Gasteiger partial charge < -0.3 is 0 Å². The maximum absolute atomic E-state index is 6.00. The highest BCUT2D eigenvalue weighted by molar-refractivity contribution is 6.42. The lowest BCUT2D eigenvalue weighted by atomic mass is 10.1. The van der Waals surface area contributed by atoms with E-state index in [9.17, 15) is 0 Å². The molecule has 2 rings (SSSR count). The van der Waals surface area contributed by atoms with Gasteiger partial charge in [0.1, 0.15) is 0 Å². The van der Waals surface area contributed by atoms with Gasteiger partial charge in [0.2, 0.25) is 5.28 Å². The smallest absolute Gasteiger partial charge is 0.221 e. The molecule has 0 aliphatic carbocycles. The summed E-state index contributed by atoms with van der Waals surface area (Å²) >= 11 is 17.5. The van der Waals surface area contributed by atoms with Crippen LogP contribution in [0.2, 0.25) is 15.5 Å². The lowest BCUT2D eigenvalue weighted by Crippen LogP contribution is -1.97. The molecule has 1 aromatic carbocycles. The second-order valence-corrected chi connectivity index (χ2v) is 4.28. The van der Waals surface area contributed by atoms with E-state index in [1.54, 1.807) is 0 Å². The SMILES string of the molecule is Clc1nc(Cl)c(Cl)c(Cc2ccccc2)n1. The van der Waals surface area contributed by atoms with Gasteiger partial charge in [-0.3, -0.25) is 0 Å². The van der Waals surface area contributed by atoms with Crippen LogP contribution in [0.1, 0.15) is 11.3 Å². The van der Waals surface area contributed by atoms with E-state index in [0.717, 1.165) is 5.56 Å². The van der Waals surface area contributed by atoms with Gasteiger partial charge in [0, 0.05) is 6.42 Å². The minimum absolute atomic E-state index is 0.111. The molecule has 5 heteroatoms. The molecule has 0 atom stereocenters. The molecule has 2 nitrogen and oxygen atoms in total. The van der Waals surface area contributed by atoms with E-state index in [1.807, 2.05) is 30.3 Å². The summed E-state index contributed by atoms with van der Waals surface area (Å²) in [6.45, 7) is 0. The van der Waals surface area contributed by atoms with Crippen LogP contribution in [0.3, 0.4) is 0 Å². The Hall–Kier alpha value is -0.830. The molecule has 0 radical (unpaired) electrons. The number of benzene rings is 1. The molecular formula is C11H7Cl3N2. The molecule has 1 heterocycles. The molecule has 16 heavy (non-hydrogen) atoms. The Morgan fingerprint density at radius 3 is 2.31 bits per heavy atom. The minimum Gasteiger partial charge on any atom is -0.221 e. The van der Waals surface area contributed by atoms with Gasteiger partial charge in [0.25, 0.3) is 0 Å². The Labute approximate surface area is 108 Å². The normalized spacial score (nSPS) is 10.4. The zero-order valence-electron chi connectivity index (χ0n) is 8.12. The van der Waals surface area contributed by atoms with Crippen LogP contribution in [-0.2, 0) is 6.42 Å². The van der Waals surface area contributed by atoms with Crippen LogP contribution in [0.15, 0.2) is 30.3 Å². The first kappa shape index (κ1) is 11.6. The Bertz CT molecular complexity index is 500. The van der Waals surface area contributed by atoms with Crippen LogP contribution in [-0.4, -0.2) is 9.97 Å². The van der Waals surface area contributed by atoms with E-state index in [-0.39, 0.29) is 10.4 Å². The van der Waals surface area contributed by atoms with Crippen LogP contribution in [0.25, 0.3) is 0 Å². The van der Waals surface area contributed by atoms with E-state index >= 15 is 0 Å². The van der Waals surface area contributed by atoms with Gasteiger partial charge in [0.15, 0.2) is 5.15 Å². The average Bonchev–Trinajstić information content (AvgIpc) is 2.27. The van der Waals surface area contributed by atoms with Gasteiger partial charge in [-0.2, -0.15) is 0 Å². The highest BCUT2D eigenvalue weighted by Gasteiger charge is 2.10. The Morgan fingerprint density at radius 1 is 0.938 bits per heavy atom. The van der Waals surface area contributed by atoms with Gasteiger partial charge >= 0.3 is 0 Å². The predicted octanol–water partition coefficient (Wildman–Crippen LogP) is 4.03. The topological polar surface area (TPSA) is 25.8 Å². The quantitative estimate of drug-likeness (QED) is 0.610. The van der Waals surface area contributed by atoms with Crippen molar-refractivity contribution >= 4 is 34.8 Å². The van der Waals surface area contributed by atoms with Crippen molar-refractivity contribution < 1.29 is 0 Å². The highest BCUT2D eigenvalue weighted by atomic mass is 35.5. The van der Waals surface area contributed by atoms with Crippen molar-refractivity contribution in [3.63, 3.8) is 0 Å². The summed E-state index contributed by atoms with van der Waals surface area (Å²) < 4.78 is 0. The highest BCUT2D eigenvalue weighted by Crippen LogP contribution is 2.25. The number of aromatic nitrogens is 2. The summed E-state index contributed by atoms with van der Waals surface area (Å²) in [4.78, 5) is 7.83. The zero-order chi connectivity index (χ0) is 11.5. The molecule has 0 unspecified atom stereocenters. The molecule has 0 fully saturated rings. The van der Waals surface area contributed by atoms with Crippen LogP contribution < -0.4 is 0 Å². The molecule has 0 N–H and O–H groups in total. The largest absolute Gasteiger partial charge is 0.224 e. The standard InChI is InChI=1S/C11H7Cl3N2/c12-9-8(15-11(14)16-10(9)13)6-7-4-2-1-3-5-7/h1-5H,6H2. The van der Waals surface area contributed by atoms with Gasteiger partial charge in [-0.15, -0.1) is 0 Å². The maximum Gasteiger partial charge on any atom is 0.224 e.